The van der Waals surface area contributed by atoms with E-state index in [1.54, 1.807) is 0 Å². The number of rotatable bonds is 15. The highest BCUT2D eigenvalue weighted by atomic mass is 35.5. The summed E-state index contributed by atoms with van der Waals surface area (Å²) in [4.78, 5) is 60.4. The lowest BCUT2D eigenvalue weighted by atomic mass is 9.97. The van der Waals surface area contributed by atoms with Crippen molar-refractivity contribution in [1.29, 1.82) is 0 Å². The lowest BCUT2D eigenvalue weighted by molar-refractivity contribution is -0.192. The van der Waals surface area contributed by atoms with E-state index in [1.807, 2.05) is 10.6 Å². The molecule has 284 valence electrons. The fourth-order valence-electron chi connectivity index (χ4n) is 4.11. The van der Waals surface area contributed by atoms with E-state index in [1.165, 1.54) is 57.4 Å². The minimum atomic E-state index is -5.26. The van der Waals surface area contributed by atoms with Gasteiger partial charge in [0, 0.05) is 10.6 Å². The molecule has 20 heteroatoms. The number of hydrogen-bond donors (Lipinski definition) is 5. The number of unbranched alkanes of at least 4 members (excludes halogenated alkanes) is 1. The Kier molecular flexibility index (Phi) is 16.7. The van der Waals surface area contributed by atoms with Gasteiger partial charge in [-0.25, -0.2) is 4.79 Å². The van der Waals surface area contributed by atoms with Crippen LogP contribution < -0.4 is 26.4 Å². The van der Waals surface area contributed by atoms with Gasteiger partial charge in [0.2, 0.25) is 11.8 Å². The molecule has 0 saturated heterocycles. The molecule has 6 N–H and O–H groups in total. The molecular formula is C31H35ClF8N4O7. The number of ether oxygens (including phenoxy) is 1. The van der Waals surface area contributed by atoms with Crippen LogP contribution in [0, 0.1) is 5.92 Å². The molecule has 0 aromatic heterocycles. The predicted molar refractivity (Wildman–Crippen MR) is 166 cm³/mol. The van der Waals surface area contributed by atoms with E-state index < -0.39 is 77.4 Å². The number of Topliss-reactive ketones (excluding diaryl/α,β-unsaturated/α-hetero) is 1. The van der Waals surface area contributed by atoms with Crippen LogP contribution in [0.1, 0.15) is 50.3 Å². The summed E-state index contributed by atoms with van der Waals surface area (Å²) in [7, 11) is 1.37. The van der Waals surface area contributed by atoms with Crippen LogP contribution in [0.4, 0.5) is 35.1 Å². The van der Waals surface area contributed by atoms with Crippen LogP contribution in [-0.4, -0.2) is 72.7 Å². The standard InChI is InChI=1S/C29H34ClF5N4O5.C2HF3O2/c1-16(2)22(24(40)29(33,34)35)38-26(42)23(17-10-12-20(44-3)13-11-17)39-25(41)21(9-4-5-14-36)37-27(43)28(31,32)18-7-6-8-19(30)15-18;3-2(4,5)1(6)7/h6-8,10-13,15-16,21-23H,4-5,9,14,36H2,1-3H3,(H,37,43)(H,38,42)(H,39,41);(H,6,7)/t21-,22-,23-;/m0./s1. The molecule has 0 heterocycles. The normalized spacial score (nSPS) is 13.5. The zero-order valence-electron chi connectivity index (χ0n) is 27.1. The second-order valence-electron chi connectivity index (χ2n) is 11.0. The van der Waals surface area contributed by atoms with Crippen molar-refractivity contribution in [2.24, 2.45) is 11.7 Å². The van der Waals surface area contributed by atoms with Gasteiger partial charge in [0.05, 0.1) is 13.2 Å². The second-order valence-corrected chi connectivity index (χ2v) is 11.4. The number of benzene rings is 2. The second kappa shape index (κ2) is 19.2. The number of halogens is 9. The lowest BCUT2D eigenvalue weighted by Gasteiger charge is -2.28. The Morgan fingerprint density at radius 1 is 0.843 bits per heavy atom. The summed E-state index contributed by atoms with van der Waals surface area (Å²) in [5.41, 5.74) is 4.84. The molecule has 0 fully saturated rings. The van der Waals surface area contributed by atoms with E-state index in [0.29, 0.717) is 12.2 Å². The fraction of sp³-hybridized carbons (Fsp3) is 0.452. The van der Waals surface area contributed by atoms with Crippen molar-refractivity contribution < 1.29 is 68.9 Å². The van der Waals surface area contributed by atoms with Crippen LogP contribution in [0.2, 0.25) is 5.02 Å². The number of nitrogens with two attached hydrogens (primary N) is 1. The summed E-state index contributed by atoms with van der Waals surface area (Å²) in [5, 5.41) is 13.5. The number of carboxylic acids is 1. The Morgan fingerprint density at radius 2 is 1.41 bits per heavy atom. The van der Waals surface area contributed by atoms with Crippen LogP contribution >= 0.6 is 11.6 Å². The number of carboxylic acid groups (broad SMARTS) is 1. The molecule has 3 amide bonds. The van der Waals surface area contributed by atoms with Crippen LogP contribution in [0.15, 0.2) is 48.5 Å². The largest absolute Gasteiger partial charge is 0.497 e. The maximum Gasteiger partial charge on any atom is 0.490 e. The van der Waals surface area contributed by atoms with Crippen molar-refractivity contribution in [1.82, 2.24) is 16.0 Å². The summed E-state index contributed by atoms with van der Waals surface area (Å²) in [5.74, 6) is -13.8. The number of nitrogens with one attached hydrogen (secondary N) is 3. The number of carbonyl (C=O) groups excluding carboxylic acids is 4. The molecule has 2 aromatic rings. The maximum atomic E-state index is 15.0. The SMILES string of the molecule is COc1ccc([C@H](NC(=O)[C@H](CCCCN)NC(=O)C(F)(F)c2cccc(Cl)c2)C(=O)N[C@H](C(=O)C(F)(F)F)C(C)C)cc1.O=C(O)C(F)(F)F. The van der Waals surface area contributed by atoms with Gasteiger partial charge in [-0.15, -0.1) is 0 Å². The van der Waals surface area contributed by atoms with Crippen molar-refractivity contribution in [2.45, 2.75) is 69.5 Å². The number of ketones is 1. The van der Waals surface area contributed by atoms with Crippen molar-refractivity contribution >= 4 is 41.1 Å². The Morgan fingerprint density at radius 3 is 1.86 bits per heavy atom. The summed E-state index contributed by atoms with van der Waals surface area (Å²) in [6.07, 6.45) is -9.93. The minimum absolute atomic E-state index is 0.0516. The van der Waals surface area contributed by atoms with E-state index in [-0.39, 0.29) is 30.0 Å². The highest BCUT2D eigenvalue weighted by molar-refractivity contribution is 6.30. The molecule has 0 spiro atoms. The first-order chi connectivity index (χ1) is 23.5. The number of aliphatic carboxylic acids is 1. The molecule has 0 radical (unpaired) electrons. The summed E-state index contributed by atoms with van der Waals surface area (Å²) in [6, 6.07) is 4.63. The van der Waals surface area contributed by atoms with E-state index in [9.17, 15) is 45.5 Å². The average molecular weight is 763 g/mol. The highest BCUT2D eigenvalue weighted by Gasteiger charge is 2.46. The molecule has 0 aliphatic carbocycles. The first-order valence-corrected chi connectivity index (χ1v) is 15.2. The first kappa shape index (κ1) is 44.5. The van der Waals surface area contributed by atoms with Gasteiger partial charge >= 0.3 is 24.2 Å². The monoisotopic (exact) mass is 762 g/mol. The highest BCUT2D eigenvalue weighted by Crippen LogP contribution is 2.30. The molecule has 11 nitrogen and oxygen atoms in total. The topological polar surface area (TPSA) is 177 Å². The van der Waals surface area contributed by atoms with Crippen molar-refractivity contribution in [3.05, 3.63) is 64.7 Å². The third-order valence-electron chi connectivity index (χ3n) is 6.81. The van der Waals surface area contributed by atoms with Gasteiger partial charge in [0.15, 0.2) is 0 Å². The molecule has 51 heavy (non-hydrogen) atoms. The summed E-state index contributed by atoms with van der Waals surface area (Å²) in [6.45, 7) is 2.78. The van der Waals surface area contributed by atoms with Gasteiger partial charge in [0.25, 0.3) is 11.7 Å². The average Bonchev–Trinajstić information content (AvgIpc) is 3.04. The van der Waals surface area contributed by atoms with Crippen LogP contribution in [0.3, 0.4) is 0 Å². The predicted octanol–water partition coefficient (Wildman–Crippen LogP) is 4.82. The number of hydrogen-bond acceptors (Lipinski definition) is 7. The molecule has 2 rings (SSSR count). The molecule has 0 saturated carbocycles. The van der Waals surface area contributed by atoms with Gasteiger partial charge in [-0.1, -0.05) is 49.7 Å². The zero-order chi connectivity index (χ0) is 39.3. The van der Waals surface area contributed by atoms with Crippen molar-refractivity contribution in [3.8, 4) is 5.75 Å². The number of alkyl halides is 8. The lowest BCUT2D eigenvalue weighted by Crippen LogP contribution is -2.55. The van der Waals surface area contributed by atoms with Crippen LogP contribution in [-0.2, 0) is 29.9 Å². The number of amides is 3. The van der Waals surface area contributed by atoms with Crippen molar-refractivity contribution in [3.63, 3.8) is 0 Å². The Hall–Kier alpha value is -4.52. The molecular weight excluding hydrogens is 728 g/mol. The molecule has 0 aliphatic rings. The first-order valence-electron chi connectivity index (χ1n) is 14.8. The molecule has 0 unspecified atom stereocenters. The summed E-state index contributed by atoms with van der Waals surface area (Å²) < 4.78 is 107. The minimum Gasteiger partial charge on any atom is -0.497 e. The summed E-state index contributed by atoms with van der Waals surface area (Å²) >= 11 is 5.79. The quantitative estimate of drug-likeness (QED) is 0.127. The van der Waals surface area contributed by atoms with Crippen LogP contribution in [0.5, 0.6) is 5.75 Å². The van der Waals surface area contributed by atoms with E-state index >= 15 is 8.78 Å². The van der Waals surface area contributed by atoms with Gasteiger partial charge in [-0.3, -0.25) is 19.2 Å². The fourth-order valence-corrected chi connectivity index (χ4v) is 4.30. The maximum absolute atomic E-state index is 15.0. The third kappa shape index (κ3) is 14.0. The van der Waals surface area contributed by atoms with E-state index in [2.05, 4.69) is 5.32 Å². The molecule has 2 aromatic carbocycles. The zero-order valence-corrected chi connectivity index (χ0v) is 27.9. The van der Waals surface area contributed by atoms with Gasteiger partial charge in [-0.2, -0.15) is 35.1 Å². The molecule has 0 aliphatic heterocycles. The molecule has 0 bridgehead atoms. The molecule has 3 atom stereocenters. The Labute approximate surface area is 291 Å². The third-order valence-corrected chi connectivity index (χ3v) is 7.04. The van der Waals surface area contributed by atoms with Crippen LogP contribution in [0.25, 0.3) is 0 Å². The number of methoxy groups -OCH3 is 1. The van der Waals surface area contributed by atoms with Gasteiger partial charge in [0.1, 0.15) is 17.8 Å². The van der Waals surface area contributed by atoms with Gasteiger partial charge in [-0.05, 0) is 61.6 Å². The smallest absolute Gasteiger partial charge is 0.490 e. The van der Waals surface area contributed by atoms with E-state index in [4.69, 9.17) is 32.0 Å². The Bertz CT molecular complexity index is 1510. The van der Waals surface area contributed by atoms with E-state index in [0.717, 1.165) is 12.1 Å². The number of carbonyl (C=O) groups is 5. The van der Waals surface area contributed by atoms with Gasteiger partial charge < -0.3 is 31.5 Å². The van der Waals surface area contributed by atoms with Crippen molar-refractivity contribution in [2.75, 3.05) is 13.7 Å². The Balaban J connectivity index is 0.00000167.